The lowest BCUT2D eigenvalue weighted by Gasteiger charge is -2.51. The topological polar surface area (TPSA) is 195 Å². The maximum atomic E-state index is 13.4. The second-order valence-corrected chi connectivity index (χ2v) is 16.9. The van der Waals surface area contributed by atoms with Gasteiger partial charge in [0.05, 0.1) is 51.2 Å². The summed E-state index contributed by atoms with van der Waals surface area (Å²) in [5.41, 5.74) is 0.960. The lowest BCUT2D eigenvalue weighted by Crippen LogP contribution is -2.62. The molecule has 2 fully saturated rings. The Morgan fingerprint density at radius 2 is 1.69 bits per heavy atom. The zero-order chi connectivity index (χ0) is 45.0. The van der Waals surface area contributed by atoms with Gasteiger partial charge in [-0.05, 0) is 68.2 Å². The van der Waals surface area contributed by atoms with Crippen LogP contribution >= 0.6 is 0 Å². The Balaban J connectivity index is 1.63. The molecule has 3 N–H and O–H groups in total. The number of carbonyl (C=O) groups excluding carboxylic acids is 3. The molecule has 8 atom stereocenters. The lowest BCUT2D eigenvalue weighted by atomic mass is 9.74. The van der Waals surface area contributed by atoms with Crippen LogP contribution in [-0.2, 0) is 63.4 Å². The molecular formula is C47H72O15. The molecule has 1 aromatic rings. The van der Waals surface area contributed by atoms with Crippen LogP contribution in [0, 0.1) is 5.41 Å². The molecule has 4 rings (SSSR count). The van der Waals surface area contributed by atoms with E-state index in [0.717, 1.165) is 49.7 Å². The first-order chi connectivity index (χ1) is 29.8. The van der Waals surface area contributed by atoms with Crippen LogP contribution in [0.1, 0.15) is 128 Å². The van der Waals surface area contributed by atoms with E-state index in [1.165, 1.54) is 13.2 Å². The van der Waals surface area contributed by atoms with Crippen molar-refractivity contribution in [1.82, 2.24) is 0 Å². The van der Waals surface area contributed by atoms with E-state index in [2.05, 4.69) is 19.1 Å². The number of methoxy groups -OCH3 is 1. The second kappa shape index (κ2) is 26.5. The molecule has 2 saturated heterocycles. The zero-order valence-electron chi connectivity index (χ0n) is 37.5. The van der Waals surface area contributed by atoms with Crippen molar-refractivity contribution >= 4 is 17.9 Å². The number of benzene rings is 1. The molecule has 0 amide bonds. The van der Waals surface area contributed by atoms with Gasteiger partial charge in [-0.2, -0.15) is 0 Å². The van der Waals surface area contributed by atoms with E-state index in [4.69, 9.17) is 42.6 Å². The Labute approximate surface area is 367 Å². The highest BCUT2D eigenvalue weighted by atomic mass is 16.7. The van der Waals surface area contributed by atoms with E-state index >= 15 is 0 Å². The highest BCUT2D eigenvalue weighted by molar-refractivity contribution is 5.83. The van der Waals surface area contributed by atoms with Crippen LogP contribution in [0.15, 0.2) is 48.1 Å². The van der Waals surface area contributed by atoms with Gasteiger partial charge in [0.2, 0.25) is 5.79 Å². The van der Waals surface area contributed by atoms with Crippen molar-refractivity contribution in [2.75, 3.05) is 46.9 Å². The number of cyclic esters (lactones) is 1. The number of fused-ring (bicyclic) bond motifs is 4. The summed E-state index contributed by atoms with van der Waals surface area (Å²) in [6, 6.07) is 8.17. The molecule has 0 radical (unpaired) electrons. The third-order valence-corrected chi connectivity index (χ3v) is 11.5. The number of aliphatic hydroxyl groups is 3. The number of carbonyl (C=O) groups is 3. The summed E-state index contributed by atoms with van der Waals surface area (Å²) in [7, 11) is 1.22. The van der Waals surface area contributed by atoms with Crippen molar-refractivity contribution in [3.8, 4) is 0 Å². The monoisotopic (exact) mass is 876 g/mol. The number of aliphatic hydroxyl groups excluding tert-OH is 2. The molecule has 15 heteroatoms. The SMILES string of the molecule is CCCCCCCC(=O)O[C@H]1/C(=C/C(=O)OC)C[C@H]2C[C@H](CO)OC(=O)C[C@H](O)CCO[C@H](c3ccc(CCCOCOCC)cc3)C[C@@H]3CCO[C@H](/C=C/C(C)(C)[C@]1(O)O2)O3. The second-order valence-electron chi connectivity index (χ2n) is 16.9. The van der Waals surface area contributed by atoms with Crippen molar-refractivity contribution in [3.05, 3.63) is 59.2 Å². The maximum absolute atomic E-state index is 13.4. The summed E-state index contributed by atoms with van der Waals surface area (Å²) >= 11 is 0. The molecule has 4 bridgehead atoms. The number of ether oxygens (including phenoxy) is 9. The third kappa shape index (κ3) is 16.4. The molecule has 0 aromatic heterocycles. The molecule has 0 saturated carbocycles. The Morgan fingerprint density at radius 1 is 0.935 bits per heavy atom. The van der Waals surface area contributed by atoms with Gasteiger partial charge in [0.1, 0.15) is 12.9 Å². The molecule has 15 nitrogen and oxygen atoms in total. The van der Waals surface area contributed by atoms with Crippen LogP contribution in [0.25, 0.3) is 0 Å². The van der Waals surface area contributed by atoms with E-state index in [1.807, 2.05) is 19.1 Å². The van der Waals surface area contributed by atoms with E-state index in [9.17, 15) is 29.7 Å². The fourth-order valence-corrected chi connectivity index (χ4v) is 7.83. The highest BCUT2D eigenvalue weighted by Gasteiger charge is 2.57. The predicted molar refractivity (Wildman–Crippen MR) is 227 cm³/mol. The lowest BCUT2D eigenvalue weighted by molar-refractivity contribution is -0.327. The first kappa shape index (κ1) is 51.4. The molecule has 1 aromatic carbocycles. The minimum absolute atomic E-state index is 0.0238. The van der Waals surface area contributed by atoms with E-state index < -0.39 is 72.5 Å². The predicted octanol–water partition coefficient (Wildman–Crippen LogP) is 6.09. The van der Waals surface area contributed by atoms with Crippen molar-refractivity contribution in [2.45, 2.75) is 166 Å². The third-order valence-electron chi connectivity index (χ3n) is 11.5. The Bertz CT molecular complexity index is 1560. The molecule has 3 aliphatic rings. The van der Waals surface area contributed by atoms with Crippen molar-refractivity contribution in [1.29, 1.82) is 0 Å². The van der Waals surface area contributed by atoms with Gasteiger partial charge in [-0.1, -0.05) is 76.8 Å². The van der Waals surface area contributed by atoms with Crippen LogP contribution < -0.4 is 0 Å². The van der Waals surface area contributed by atoms with Gasteiger partial charge in [-0.3, -0.25) is 9.59 Å². The average molecular weight is 877 g/mol. The van der Waals surface area contributed by atoms with Gasteiger partial charge in [0, 0.05) is 50.6 Å². The van der Waals surface area contributed by atoms with E-state index in [1.54, 1.807) is 26.0 Å². The maximum Gasteiger partial charge on any atom is 0.330 e. The van der Waals surface area contributed by atoms with Crippen LogP contribution in [0.3, 0.4) is 0 Å². The van der Waals surface area contributed by atoms with Gasteiger partial charge < -0.3 is 58.0 Å². The first-order valence-electron chi connectivity index (χ1n) is 22.5. The summed E-state index contributed by atoms with van der Waals surface area (Å²) in [6.07, 6.45) is 5.44. The van der Waals surface area contributed by atoms with Crippen molar-refractivity contribution in [2.24, 2.45) is 5.41 Å². The Hall–Kier alpha value is -3.25. The smallest absolute Gasteiger partial charge is 0.330 e. The number of unbranched alkanes of at least 4 members (excludes halogenated alkanes) is 4. The molecule has 62 heavy (non-hydrogen) atoms. The summed E-state index contributed by atoms with van der Waals surface area (Å²) in [5, 5.41) is 34.0. The van der Waals surface area contributed by atoms with E-state index in [0.29, 0.717) is 39.1 Å². The molecule has 0 spiro atoms. The van der Waals surface area contributed by atoms with Crippen LogP contribution in [0.5, 0.6) is 0 Å². The summed E-state index contributed by atoms with van der Waals surface area (Å²) in [5.74, 6) is -4.33. The highest BCUT2D eigenvalue weighted by Crippen LogP contribution is 2.47. The van der Waals surface area contributed by atoms with Gasteiger partial charge in [0.15, 0.2) is 12.4 Å². The van der Waals surface area contributed by atoms with Gasteiger partial charge >= 0.3 is 17.9 Å². The standard InChI is InChI=1S/C47H72O15/c1-6-8-9-10-11-14-41(50)61-45-35(27-42(51)54-5)26-38-29-39(31-48)59-43(52)28-36(49)20-24-57-40(34-17-15-33(16-18-34)13-12-23-56-32-55-7-2)30-37-21-25-58-44(60-37)19-22-46(3,4)47(45,53)62-38/h15-19,22,27,36-40,44-45,48-49,53H,6-14,20-21,23-26,28-32H2,1-5H3/b22-19+,35-27+/t36-,37+,38+,39-,40+,44+,45+,47-/m1/s1. The largest absolute Gasteiger partial charge is 0.466 e. The number of esters is 3. The normalized spacial score (nSPS) is 29.9. The van der Waals surface area contributed by atoms with E-state index in [-0.39, 0.29) is 57.2 Å². The van der Waals surface area contributed by atoms with Crippen molar-refractivity contribution in [3.63, 3.8) is 0 Å². The fourth-order valence-electron chi connectivity index (χ4n) is 7.83. The van der Waals surface area contributed by atoms with Crippen molar-refractivity contribution < 1.29 is 72.3 Å². The Morgan fingerprint density at radius 3 is 2.42 bits per heavy atom. The number of hydrogen-bond acceptors (Lipinski definition) is 15. The number of hydrogen-bond donors (Lipinski definition) is 3. The minimum Gasteiger partial charge on any atom is -0.466 e. The molecule has 3 aliphatic heterocycles. The first-order valence-corrected chi connectivity index (χ1v) is 22.5. The molecule has 3 heterocycles. The quantitative estimate of drug-likeness (QED) is 0.0406. The fraction of sp³-hybridized carbons (Fsp3) is 0.723. The summed E-state index contributed by atoms with van der Waals surface area (Å²) in [6.45, 7) is 8.85. The van der Waals surface area contributed by atoms with Gasteiger partial charge in [-0.25, -0.2) is 4.79 Å². The van der Waals surface area contributed by atoms with Crippen LogP contribution in [-0.4, -0.2) is 123 Å². The minimum atomic E-state index is -2.29. The molecule has 0 unspecified atom stereocenters. The van der Waals surface area contributed by atoms with Gasteiger partial charge in [0.25, 0.3) is 0 Å². The number of aryl methyl sites for hydroxylation is 1. The summed E-state index contributed by atoms with van der Waals surface area (Å²) in [4.78, 5) is 39.3. The van der Waals surface area contributed by atoms with Gasteiger partial charge in [-0.15, -0.1) is 0 Å². The van der Waals surface area contributed by atoms with Crippen LogP contribution in [0.4, 0.5) is 0 Å². The number of rotatable bonds is 17. The summed E-state index contributed by atoms with van der Waals surface area (Å²) < 4.78 is 52.7. The molecular weight excluding hydrogens is 805 g/mol. The zero-order valence-corrected chi connectivity index (χ0v) is 37.5. The molecule has 0 aliphatic carbocycles. The molecule has 350 valence electrons. The average Bonchev–Trinajstić information content (AvgIpc) is 3.24. The Kier molecular flexibility index (Phi) is 22.0. The van der Waals surface area contributed by atoms with Crippen LogP contribution in [0.2, 0.25) is 0 Å².